The number of hydrogen-bond donors (Lipinski definition) is 1. The van der Waals surface area contributed by atoms with Gasteiger partial charge in [-0.1, -0.05) is 12.8 Å². The molecule has 0 bridgehead atoms. The first kappa shape index (κ1) is 13.2. The molecule has 4 heteroatoms. The zero-order chi connectivity index (χ0) is 13.2. The maximum absolute atomic E-state index is 12.4. The average Bonchev–Trinajstić information content (AvgIpc) is 2.82. The van der Waals surface area contributed by atoms with E-state index in [1.54, 1.807) is 0 Å². The third kappa shape index (κ3) is 3.18. The molecule has 1 nitrogen and oxygen atoms in total. The van der Waals surface area contributed by atoms with Crippen molar-refractivity contribution in [3.63, 3.8) is 0 Å². The lowest BCUT2D eigenvalue weighted by atomic mass is 9.99. The van der Waals surface area contributed by atoms with E-state index in [2.05, 4.69) is 12.2 Å². The Morgan fingerprint density at radius 1 is 1.11 bits per heavy atom. The standard InChI is InChI=1S/C14H18F3N/c1-10(11-4-2-3-5-11)18-13-8-6-12(7-9-13)14(15,16)17/h6-11,18H,2-5H2,1H3. The number of benzene rings is 1. The van der Waals surface area contributed by atoms with Gasteiger partial charge < -0.3 is 5.32 Å². The summed E-state index contributed by atoms with van der Waals surface area (Å²) in [5, 5.41) is 3.30. The van der Waals surface area contributed by atoms with Crippen molar-refractivity contribution in [1.82, 2.24) is 0 Å². The highest BCUT2D eigenvalue weighted by molar-refractivity contribution is 5.46. The molecule has 2 rings (SSSR count). The summed E-state index contributed by atoms with van der Waals surface area (Å²) in [6, 6.07) is 5.60. The Balaban J connectivity index is 1.97. The normalized spacial score (nSPS) is 18.9. The van der Waals surface area contributed by atoms with E-state index in [9.17, 15) is 13.2 Å². The number of hydrogen-bond acceptors (Lipinski definition) is 1. The third-order valence-electron chi connectivity index (χ3n) is 3.71. The van der Waals surface area contributed by atoms with Crippen LogP contribution in [0.2, 0.25) is 0 Å². The van der Waals surface area contributed by atoms with Crippen LogP contribution in [0.4, 0.5) is 18.9 Å². The van der Waals surface area contributed by atoms with Gasteiger partial charge in [0.15, 0.2) is 0 Å². The minimum atomic E-state index is -4.25. The predicted octanol–water partition coefficient (Wildman–Crippen LogP) is 4.70. The molecule has 18 heavy (non-hydrogen) atoms. The van der Waals surface area contributed by atoms with Gasteiger partial charge in [-0.15, -0.1) is 0 Å². The maximum Gasteiger partial charge on any atom is 0.416 e. The molecule has 0 aliphatic heterocycles. The molecule has 1 fully saturated rings. The lowest BCUT2D eigenvalue weighted by molar-refractivity contribution is -0.137. The summed E-state index contributed by atoms with van der Waals surface area (Å²) in [4.78, 5) is 0. The van der Waals surface area contributed by atoms with Crippen molar-refractivity contribution in [2.24, 2.45) is 5.92 Å². The van der Waals surface area contributed by atoms with Gasteiger partial charge in [-0.2, -0.15) is 13.2 Å². The van der Waals surface area contributed by atoms with Crippen LogP contribution in [0.25, 0.3) is 0 Å². The van der Waals surface area contributed by atoms with E-state index in [1.807, 2.05) is 0 Å². The smallest absolute Gasteiger partial charge is 0.382 e. The molecule has 0 amide bonds. The van der Waals surface area contributed by atoms with E-state index >= 15 is 0 Å². The van der Waals surface area contributed by atoms with Gasteiger partial charge in [-0.25, -0.2) is 0 Å². The molecule has 0 aromatic heterocycles. The SMILES string of the molecule is CC(Nc1ccc(C(F)(F)F)cc1)C1CCCC1. The summed E-state index contributed by atoms with van der Waals surface area (Å²) in [6.45, 7) is 2.10. The quantitative estimate of drug-likeness (QED) is 0.827. The van der Waals surface area contributed by atoms with Crippen LogP contribution in [-0.4, -0.2) is 6.04 Å². The van der Waals surface area contributed by atoms with Gasteiger partial charge >= 0.3 is 6.18 Å². The molecule has 100 valence electrons. The molecule has 0 spiro atoms. The molecule has 1 atom stereocenters. The summed E-state index contributed by atoms with van der Waals surface area (Å²) >= 11 is 0. The largest absolute Gasteiger partial charge is 0.416 e. The summed E-state index contributed by atoms with van der Waals surface area (Å²) in [5.41, 5.74) is 0.170. The highest BCUT2D eigenvalue weighted by atomic mass is 19.4. The Morgan fingerprint density at radius 3 is 2.17 bits per heavy atom. The van der Waals surface area contributed by atoms with Gasteiger partial charge in [-0.05, 0) is 49.9 Å². The third-order valence-corrected chi connectivity index (χ3v) is 3.71. The molecule has 0 saturated heterocycles. The summed E-state index contributed by atoms with van der Waals surface area (Å²) in [6.07, 6.45) is 0.715. The fourth-order valence-corrected chi connectivity index (χ4v) is 2.59. The highest BCUT2D eigenvalue weighted by Crippen LogP contribution is 2.31. The van der Waals surface area contributed by atoms with Gasteiger partial charge in [0.1, 0.15) is 0 Å². The Hall–Kier alpha value is -1.19. The Labute approximate surface area is 105 Å². The van der Waals surface area contributed by atoms with Gasteiger partial charge in [0.2, 0.25) is 0 Å². The van der Waals surface area contributed by atoms with Crippen LogP contribution < -0.4 is 5.32 Å². The van der Waals surface area contributed by atoms with E-state index in [-0.39, 0.29) is 0 Å². The van der Waals surface area contributed by atoms with E-state index in [0.29, 0.717) is 12.0 Å². The van der Waals surface area contributed by atoms with Gasteiger partial charge in [0.05, 0.1) is 5.56 Å². The molecule has 1 aromatic rings. The van der Waals surface area contributed by atoms with E-state index < -0.39 is 11.7 Å². The number of nitrogens with one attached hydrogen (secondary N) is 1. The molecule has 0 radical (unpaired) electrons. The van der Waals surface area contributed by atoms with Crippen LogP contribution in [0.5, 0.6) is 0 Å². The summed E-state index contributed by atoms with van der Waals surface area (Å²) in [5.74, 6) is 0.646. The number of anilines is 1. The summed E-state index contributed by atoms with van der Waals surface area (Å²) in [7, 11) is 0. The second kappa shape index (κ2) is 5.21. The second-order valence-electron chi connectivity index (χ2n) is 5.05. The Bertz CT molecular complexity index is 377. The van der Waals surface area contributed by atoms with Crippen LogP contribution in [0.3, 0.4) is 0 Å². The van der Waals surface area contributed by atoms with Gasteiger partial charge in [0, 0.05) is 11.7 Å². The fraction of sp³-hybridized carbons (Fsp3) is 0.571. The zero-order valence-corrected chi connectivity index (χ0v) is 10.4. The number of rotatable bonds is 3. The molecular formula is C14H18F3N. The Morgan fingerprint density at radius 2 is 1.67 bits per heavy atom. The zero-order valence-electron chi connectivity index (χ0n) is 10.4. The molecular weight excluding hydrogens is 239 g/mol. The van der Waals surface area contributed by atoms with Crippen LogP contribution in [0.1, 0.15) is 38.2 Å². The minimum Gasteiger partial charge on any atom is -0.382 e. The maximum atomic E-state index is 12.4. The van der Waals surface area contributed by atoms with Crippen molar-refractivity contribution in [1.29, 1.82) is 0 Å². The first-order valence-electron chi connectivity index (χ1n) is 6.40. The Kier molecular flexibility index (Phi) is 3.83. The molecule has 1 unspecified atom stereocenters. The number of halogens is 3. The van der Waals surface area contributed by atoms with Crippen LogP contribution >= 0.6 is 0 Å². The fourth-order valence-electron chi connectivity index (χ4n) is 2.59. The van der Waals surface area contributed by atoms with Crippen LogP contribution in [0.15, 0.2) is 24.3 Å². The van der Waals surface area contributed by atoms with Crippen LogP contribution in [0, 0.1) is 5.92 Å². The minimum absolute atomic E-state index is 0.323. The lowest BCUT2D eigenvalue weighted by Crippen LogP contribution is -2.23. The first-order valence-corrected chi connectivity index (χ1v) is 6.40. The number of alkyl halides is 3. The second-order valence-corrected chi connectivity index (χ2v) is 5.05. The van der Waals surface area contributed by atoms with Crippen molar-refractivity contribution in [3.8, 4) is 0 Å². The van der Waals surface area contributed by atoms with Crippen LogP contribution in [-0.2, 0) is 6.18 Å². The summed E-state index contributed by atoms with van der Waals surface area (Å²) < 4.78 is 37.2. The first-order chi connectivity index (χ1) is 8.47. The lowest BCUT2D eigenvalue weighted by Gasteiger charge is -2.21. The molecule has 1 N–H and O–H groups in total. The monoisotopic (exact) mass is 257 g/mol. The predicted molar refractivity (Wildman–Crippen MR) is 66.5 cm³/mol. The van der Waals surface area contributed by atoms with E-state index in [4.69, 9.17) is 0 Å². The molecule has 1 aliphatic carbocycles. The van der Waals surface area contributed by atoms with Gasteiger partial charge in [-0.3, -0.25) is 0 Å². The molecule has 1 aromatic carbocycles. The van der Waals surface area contributed by atoms with Crippen molar-refractivity contribution in [3.05, 3.63) is 29.8 Å². The molecule has 1 aliphatic rings. The van der Waals surface area contributed by atoms with Crippen molar-refractivity contribution >= 4 is 5.69 Å². The molecule has 1 saturated carbocycles. The molecule has 0 heterocycles. The van der Waals surface area contributed by atoms with Gasteiger partial charge in [0.25, 0.3) is 0 Å². The van der Waals surface area contributed by atoms with E-state index in [0.717, 1.165) is 17.8 Å². The highest BCUT2D eigenvalue weighted by Gasteiger charge is 2.30. The van der Waals surface area contributed by atoms with Crippen molar-refractivity contribution in [2.75, 3.05) is 5.32 Å². The topological polar surface area (TPSA) is 12.0 Å². The van der Waals surface area contributed by atoms with Crippen molar-refractivity contribution in [2.45, 2.75) is 44.8 Å². The van der Waals surface area contributed by atoms with Crippen molar-refractivity contribution < 1.29 is 13.2 Å². The average molecular weight is 257 g/mol. The van der Waals surface area contributed by atoms with E-state index in [1.165, 1.54) is 37.8 Å².